The van der Waals surface area contributed by atoms with Gasteiger partial charge in [0, 0.05) is 19.3 Å². The summed E-state index contributed by atoms with van der Waals surface area (Å²) in [6, 6.07) is -0.739. The number of quaternary nitrogens is 1. The Morgan fingerprint density at radius 1 is 0.443 bits per heavy atom. The van der Waals surface area contributed by atoms with E-state index >= 15 is 0 Å². The number of likely N-dealkylation sites (N-methyl/N-ethyl adjacent to an activating group) is 1. The molecule has 0 saturated heterocycles. The van der Waals surface area contributed by atoms with Gasteiger partial charge in [-0.3, -0.25) is 9.59 Å². The van der Waals surface area contributed by atoms with Crippen molar-refractivity contribution in [3.05, 3.63) is 97.2 Å². The van der Waals surface area contributed by atoms with Gasteiger partial charge in [-0.1, -0.05) is 207 Å². The van der Waals surface area contributed by atoms with Crippen LogP contribution in [0.3, 0.4) is 0 Å². The molecule has 8 heteroatoms. The Morgan fingerprint density at radius 3 is 1.19 bits per heavy atom. The van der Waals surface area contributed by atoms with E-state index in [-0.39, 0.29) is 49.1 Å². The van der Waals surface area contributed by atoms with Gasteiger partial charge in [-0.25, -0.2) is 0 Å². The van der Waals surface area contributed by atoms with Crippen molar-refractivity contribution in [1.29, 1.82) is 0 Å². The van der Waals surface area contributed by atoms with E-state index in [9.17, 15) is 19.5 Å². The first-order valence-corrected chi connectivity index (χ1v) is 28.3. The molecule has 0 aliphatic heterocycles. The van der Waals surface area contributed by atoms with Gasteiger partial charge in [-0.15, -0.1) is 0 Å². The maximum atomic E-state index is 12.8. The lowest BCUT2D eigenvalue weighted by Crippen LogP contribution is -2.55. The summed E-state index contributed by atoms with van der Waals surface area (Å²) in [6.45, 7) is 4.52. The van der Waals surface area contributed by atoms with Crippen molar-refractivity contribution < 1.29 is 38.2 Å². The molecule has 0 aromatic carbocycles. The molecule has 0 rings (SSSR count). The van der Waals surface area contributed by atoms with Crippen molar-refractivity contribution in [2.75, 3.05) is 41.0 Å². The summed E-state index contributed by atoms with van der Waals surface area (Å²) in [5, 5.41) is 11.7. The summed E-state index contributed by atoms with van der Waals surface area (Å²) in [5.74, 6) is -1.78. The minimum Gasteiger partial charge on any atom is -0.544 e. The highest BCUT2D eigenvalue weighted by molar-refractivity contribution is 5.70. The standard InChI is InChI=1S/C62H105NO7/c1-6-8-10-12-14-16-18-20-22-24-26-28-30-32-34-36-38-40-42-44-46-48-50-52-60(64)69-57-58(56-68-55-54-59(62(66)67)63(3,4)5)70-61(65)53-51-49-47-45-43-41-39-37-35-33-31-29-27-25-23-21-19-17-15-13-11-9-7-2/h9,11,15,17,21,23,26-29,32-35,39,41,58-59H,6-8,10,12-14,16,18-20,22,24-25,30-31,36-38,40,42-57H2,1-5H3/b11-9+,17-15+,23-21+,28-26+,29-27+,34-32+,35-33+,41-39+. The van der Waals surface area contributed by atoms with Gasteiger partial charge >= 0.3 is 11.9 Å². The smallest absolute Gasteiger partial charge is 0.306 e. The van der Waals surface area contributed by atoms with E-state index in [1.54, 1.807) is 21.1 Å². The van der Waals surface area contributed by atoms with Crippen LogP contribution >= 0.6 is 0 Å². The van der Waals surface area contributed by atoms with E-state index in [1.165, 1.54) is 89.9 Å². The lowest BCUT2D eigenvalue weighted by Gasteiger charge is -2.34. The first-order chi connectivity index (χ1) is 34.1. The normalized spacial score (nSPS) is 13.6. The highest BCUT2D eigenvalue weighted by Crippen LogP contribution is 2.14. The van der Waals surface area contributed by atoms with Crippen molar-refractivity contribution in [2.24, 2.45) is 0 Å². The predicted octanol–water partition coefficient (Wildman–Crippen LogP) is 15.6. The fourth-order valence-electron chi connectivity index (χ4n) is 7.87. The van der Waals surface area contributed by atoms with Gasteiger partial charge in [0.15, 0.2) is 6.10 Å². The molecule has 400 valence electrons. The molecule has 0 N–H and O–H groups in total. The molecule has 8 nitrogen and oxygen atoms in total. The molecule has 0 aliphatic carbocycles. The zero-order chi connectivity index (χ0) is 51.3. The van der Waals surface area contributed by atoms with Crippen LogP contribution in [0.4, 0.5) is 0 Å². The number of nitrogens with zero attached hydrogens (tertiary/aromatic N) is 1. The van der Waals surface area contributed by atoms with Crippen LogP contribution in [0.1, 0.15) is 226 Å². The van der Waals surface area contributed by atoms with Gasteiger partial charge in [-0.2, -0.15) is 0 Å². The number of carbonyl (C=O) groups is 3. The van der Waals surface area contributed by atoms with Crippen molar-refractivity contribution in [3.8, 4) is 0 Å². The quantitative estimate of drug-likeness (QED) is 0.0259. The lowest BCUT2D eigenvalue weighted by atomic mass is 10.1. The molecule has 0 spiro atoms. The maximum Gasteiger partial charge on any atom is 0.306 e. The van der Waals surface area contributed by atoms with Crippen molar-refractivity contribution >= 4 is 17.9 Å². The molecule has 2 unspecified atom stereocenters. The van der Waals surface area contributed by atoms with E-state index < -0.39 is 18.1 Å². The molecule has 70 heavy (non-hydrogen) atoms. The van der Waals surface area contributed by atoms with E-state index in [2.05, 4.69) is 111 Å². The summed E-state index contributed by atoms with van der Waals surface area (Å²) in [6.07, 6.45) is 70.2. The Kier molecular flexibility index (Phi) is 48.8. The SMILES string of the molecule is CC/C=C/C/C=C/C/C=C/C/C=C/C/C=C/C/C=C/CCCCCCC(=O)OC(COCCC(C(=O)[O-])[N+](C)(C)C)COC(=O)CCCCCCCCC/C=C/C/C=C/CCCCCCCCCCC. The number of aliphatic carboxylic acids is 1. The summed E-state index contributed by atoms with van der Waals surface area (Å²) >= 11 is 0. The van der Waals surface area contributed by atoms with E-state index in [1.807, 2.05) is 0 Å². The van der Waals surface area contributed by atoms with Crippen LogP contribution in [0.25, 0.3) is 0 Å². The molecular weight excluding hydrogens is 871 g/mol. The third-order valence-corrected chi connectivity index (χ3v) is 12.2. The maximum absolute atomic E-state index is 12.8. The van der Waals surface area contributed by atoms with Gasteiger partial charge in [0.2, 0.25) is 0 Å². The van der Waals surface area contributed by atoms with Crippen LogP contribution < -0.4 is 5.11 Å². The Morgan fingerprint density at radius 2 is 0.800 bits per heavy atom. The molecule has 2 atom stereocenters. The van der Waals surface area contributed by atoms with Gasteiger partial charge in [0.05, 0.1) is 40.3 Å². The second-order valence-corrected chi connectivity index (χ2v) is 19.8. The van der Waals surface area contributed by atoms with E-state index in [0.29, 0.717) is 6.42 Å². The van der Waals surface area contributed by atoms with Gasteiger partial charge < -0.3 is 28.6 Å². The average Bonchev–Trinajstić information content (AvgIpc) is 3.33. The Hall–Kier alpha value is -3.75. The molecule has 0 heterocycles. The largest absolute Gasteiger partial charge is 0.544 e. The fraction of sp³-hybridized carbons (Fsp3) is 0.694. The summed E-state index contributed by atoms with van der Waals surface area (Å²) in [5.41, 5.74) is 0. The molecular formula is C62H105NO7. The molecule has 0 radical (unpaired) electrons. The van der Waals surface area contributed by atoms with Crippen LogP contribution in [0, 0.1) is 0 Å². The number of rotatable bonds is 50. The highest BCUT2D eigenvalue weighted by atomic mass is 16.6. The first kappa shape index (κ1) is 66.2. The number of ether oxygens (including phenoxy) is 3. The number of hydrogen-bond acceptors (Lipinski definition) is 7. The second kappa shape index (κ2) is 51.6. The zero-order valence-corrected chi connectivity index (χ0v) is 45.7. The van der Waals surface area contributed by atoms with Crippen LogP contribution in [0.2, 0.25) is 0 Å². The molecule has 0 saturated carbocycles. The number of carboxylic acid groups (broad SMARTS) is 1. The van der Waals surface area contributed by atoms with Gasteiger partial charge in [0.1, 0.15) is 12.6 Å². The third kappa shape index (κ3) is 49.2. The van der Waals surface area contributed by atoms with Crippen molar-refractivity contribution in [1.82, 2.24) is 0 Å². The van der Waals surface area contributed by atoms with Gasteiger partial charge in [0.25, 0.3) is 0 Å². The number of hydrogen-bond donors (Lipinski definition) is 0. The minimum atomic E-state index is -1.13. The number of carbonyl (C=O) groups excluding carboxylic acids is 3. The Balaban J connectivity index is 4.29. The molecule has 0 fully saturated rings. The molecule has 0 bridgehead atoms. The van der Waals surface area contributed by atoms with Crippen LogP contribution in [0.15, 0.2) is 97.2 Å². The van der Waals surface area contributed by atoms with Crippen molar-refractivity contribution in [2.45, 2.75) is 238 Å². The molecule has 0 aromatic heterocycles. The zero-order valence-electron chi connectivity index (χ0n) is 45.7. The fourth-order valence-corrected chi connectivity index (χ4v) is 7.87. The predicted molar refractivity (Wildman–Crippen MR) is 295 cm³/mol. The number of unbranched alkanes of at least 4 members (excludes halogenated alkanes) is 20. The number of carboxylic acids is 1. The van der Waals surface area contributed by atoms with E-state index in [0.717, 1.165) is 103 Å². The minimum absolute atomic E-state index is 0.0220. The Labute approximate surface area is 430 Å². The highest BCUT2D eigenvalue weighted by Gasteiger charge is 2.25. The summed E-state index contributed by atoms with van der Waals surface area (Å²) in [4.78, 5) is 37.1. The topological polar surface area (TPSA) is 102 Å². The number of allylic oxidation sites excluding steroid dienone is 16. The Bertz CT molecular complexity index is 1460. The average molecular weight is 977 g/mol. The second-order valence-electron chi connectivity index (χ2n) is 19.8. The molecule has 0 aromatic rings. The van der Waals surface area contributed by atoms with E-state index in [4.69, 9.17) is 14.2 Å². The molecule has 0 aliphatic rings. The monoisotopic (exact) mass is 976 g/mol. The summed E-state index contributed by atoms with van der Waals surface area (Å²) < 4.78 is 17.2. The van der Waals surface area contributed by atoms with Gasteiger partial charge in [-0.05, 0) is 96.3 Å². The summed E-state index contributed by atoms with van der Waals surface area (Å²) in [7, 11) is 5.40. The molecule has 0 amide bonds. The van der Waals surface area contributed by atoms with Crippen LogP contribution in [0.5, 0.6) is 0 Å². The third-order valence-electron chi connectivity index (χ3n) is 12.2. The van der Waals surface area contributed by atoms with Crippen LogP contribution in [-0.2, 0) is 28.6 Å². The first-order valence-electron chi connectivity index (χ1n) is 28.3. The van der Waals surface area contributed by atoms with Crippen LogP contribution in [-0.4, -0.2) is 75.5 Å². The lowest BCUT2D eigenvalue weighted by molar-refractivity contribution is -0.889. The van der Waals surface area contributed by atoms with Crippen molar-refractivity contribution in [3.63, 3.8) is 0 Å². The number of esters is 2.